The molecular weight excluding hydrogens is 376 g/mol. The first-order valence-corrected chi connectivity index (χ1v) is 9.73. The zero-order valence-electron chi connectivity index (χ0n) is 16.4. The number of benzene rings is 3. The lowest BCUT2D eigenvalue weighted by Gasteiger charge is -2.23. The molecule has 0 radical (unpaired) electrons. The number of para-hydroxylation sites is 1. The van der Waals surface area contributed by atoms with Gasteiger partial charge in [-0.25, -0.2) is 0 Å². The normalized spacial score (nSPS) is 15.8. The lowest BCUT2D eigenvalue weighted by Crippen LogP contribution is -2.47. The van der Waals surface area contributed by atoms with Gasteiger partial charge >= 0.3 is 0 Å². The SMILES string of the molecule is NC1N=C(c2ccccc2)c2ccccc2N(CC(=O)NCc2ccccc2)C1=O. The molecular formula is C24H22N4O2. The monoisotopic (exact) mass is 398 g/mol. The third-order valence-corrected chi connectivity index (χ3v) is 4.92. The number of aliphatic imine (C=N–C) groups is 1. The van der Waals surface area contributed by atoms with E-state index in [0.29, 0.717) is 17.9 Å². The van der Waals surface area contributed by atoms with Crippen LogP contribution in [0.4, 0.5) is 5.69 Å². The number of carbonyl (C=O) groups excluding carboxylic acids is 2. The van der Waals surface area contributed by atoms with Crippen molar-refractivity contribution < 1.29 is 9.59 Å². The summed E-state index contributed by atoms with van der Waals surface area (Å²) in [6.07, 6.45) is -1.09. The molecule has 6 heteroatoms. The van der Waals surface area contributed by atoms with Gasteiger partial charge in [0.05, 0.1) is 11.4 Å². The second-order valence-corrected chi connectivity index (χ2v) is 6.99. The Balaban J connectivity index is 1.62. The van der Waals surface area contributed by atoms with E-state index in [9.17, 15) is 9.59 Å². The molecule has 1 atom stereocenters. The van der Waals surface area contributed by atoms with Gasteiger partial charge in [0.1, 0.15) is 6.54 Å². The molecule has 2 amide bonds. The summed E-state index contributed by atoms with van der Waals surface area (Å²) in [6.45, 7) is 0.259. The van der Waals surface area contributed by atoms with Crippen molar-refractivity contribution in [1.82, 2.24) is 5.32 Å². The Labute approximate surface area is 175 Å². The molecule has 0 aliphatic carbocycles. The molecule has 0 bridgehead atoms. The summed E-state index contributed by atoms with van der Waals surface area (Å²) in [7, 11) is 0. The Morgan fingerprint density at radius 3 is 2.30 bits per heavy atom. The maximum Gasteiger partial charge on any atom is 0.266 e. The number of nitrogens with two attached hydrogens (primary N) is 1. The van der Waals surface area contributed by atoms with Crippen molar-refractivity contribution in [2.24, 2.45) is 10.7 Å². The number of anilines is 1. The third-order valence-electron chi connectivity index (χ3n) is 4.92. The number of fused-ring (bicyclic) bond motifs is 1. The Bertz CT molecular complexity index is 1080. The van der Waals surface area contributed by atoms with Crippen LogP contribution in [-0.2, 0) is 16.1 Å². The first kappa shape index (κ1) is 19.5. The summed E-state index contributed by atoms with van der Waals surface area (Å²) in [6, 6.07) is 26.6. The summed E-state index contributed by atoms with van der Waals surface area (Å²) >= 11 is 0. The van der Waals surface area contributed by atoms with Gasteiger partial charge in [-0.3, -0.25) is 19.5 Å². The van der Waals surface area contributed by atoms with E-state index in [1.54, 1.807) is 0 Å². The van der Waals surface area contributed by atoms with Gasteiger partial charge in [0, 0.05) is 17.7 Å². The molecule has 4 rings (SSSR count). The van der Waals surface area contributed by atoms with Crippen molar-refractivity contribution in [3.05, 3.63) is 102 Å². The van der Waals surface area contributed by atoms with Crippen LogP contribution in [0.2, 0.25) is 0 Å². The molecule has 1 heterocycles. The van der Waals surface area contributed by atoms with Crippen LogP contribution in [0.3, 0.4) is 0 Å². The Morgan fingerprint density at radius 1 is 0.933 bits per heavy atom. The van der Waals surface area contributed by atoms with E-state index in [-0.39, 0.29) is 12.5 Å². The van der Waals surface area contributed by atoms with Crippen LogP contribution >= 0.6 is 0 Å². The van der Waals surface area contributed by atoms with Gasteiger partial charge in [0.2, 0.25) is 5.91 Å². The van der Waals surface area contributed by atoms with Crippen molar-refractivity contribution in [3.63, 3.8) is 0 Å². The number of amides is 2. The number of hydrogen-bond donors (Lipinski definition) is 2. The molecule has 30 heavy (non-hydrogen) atoms. The summed E-state index contributed by atoms with van der Waals surface area (Å²) in [5.74, 6) is -0.680. The number of nitrogens with zero attached hydrogens (tertiary/aromatic N) is 2. The van der Waals surface area contributed by atoms with Crippen LogP contribution in [0, 0.1) is 0 Å². The van der Waals surface area contributed by atoms with Crippen molar-refractivity contribution in [2.75, 3.05) is 11.4 Å². The molecule has 1 aliphatic rings. The van der Waals surface area contributed by atoms with Crippen LogP contribution in [0.15, 0.2) is 89.9 Å². The predicted molar refractivity (Wildman–Crippen MR) is 117 cm³/mol. The second-order valence-electron chi connectivity index (χ2n) is 6.99. The lowest BCUT2D eigenvalue weighted by atomic mass is 10.0. The van der Waals surface area contributed by atoms with Crippen LogP contribution in [0.25, 0.3) is 0 Å². The molecule has 1 aliphatic heterocycles. The summed E-state index contributed by atoms with van der Waals surface area (Å²) < 4.78 is 0. The second kappa shape index (κ2) is 8.71. The van der Waals surface area contributed by atoms with Gasteiger partial charge in [-0.05, 0) is 11.6 Å². The standard InChI is InChI=1S/C24H22N4O2/c25-23-24(30)28(16-21(29)26-15-17-9-3-1-4-10-17)20-14-8-7-13-19(20)22(27-23)18-11-5-2-6-12-18/h1-14,23H,15-16,25H2,(H,26,29). The van der Waals surface area contributed by atoms with Gasteiger partial charge in [-0.2, -0.15) is 0 Å². The van der Waals surface area contributed by atoms with Gasteiger partial charge in [-0.15, -0.1) is 0 Å². The maximum atomic E-state index is 13.0. The van der Waals surface area contributed by atoms with Crippen molar-refractivity contribution in [2.45, 2.75) is 12.7 Å². The highest BCUT2D eigenvalue weighted by molar-refractivity contribution is 6.20. The minimum absolute atomic E-state index is 0.131. The van der Waals surface area contributed by atoms with E-state index in [1.807, 2.05) is 84.9 Å². The molecule has 3 aromatic carbocycles. The number of rotatable bonds is 5. The smallest absolute Gasteiger partial charge is 0.266 e. The zero-order chi connectivity index (χ0) is 20.9. The number of benzodiazepines with no additional fused rings is 1. The predicted octanol–water partition coefficient (Wildman–Crippen LogP) is 2.47. The summed E-state index contributed by atoms with van der Waals surface area (Å²) in [4.78, 5) is 31.5. The molecule has 3 aromatic rings. The third kappa shape index (κ3) is 4.14. The van der Waals surface area contributed by atoms with Gasteiger partial charge in [-0.1, -0.05) is 78.9 Å². The molecule has 0 fully saturated rings. The fraction of sp³-hybridized carbons (Fsp3) is 0.125. The molecule has 150 valence electrons. The Morgan fingerprint density at radius 2 is 1.57 bits per heavy atom. The van der Waals surface area contributed by atoms with E-state index in [2.05, 4.69) is 10.3 Å². The van der Waals surface area contributed by atoms with E-state index < -0.39 is 12.1 Å². The minimum Gasteiger partial charge on any atom is -0.350 e. The molecule has 6 nitrogen and oxygen atoms in total. The molecule has 0 saturated heterocycles. The lowest BCUT2D eigenvalue weighted by molar-refractivity contribution is -0.124. The van der Waals surface area contributed by atoms with Crippen molar-refractivity contribution >= 4 is 23.2 Å². The van der Waals surface area contributed by atoms with Crippen LogP contribution in [-0.4, -0.2) is 30.2 Å². The van der Waals surface area contributed by atoms with Crippen LogP contribution in [0.5, 0.6) is 0 Å². The zero-order valence-corrected chi connectivity index (χ0v) is 16.4. The summed E-state index contributed by atoms with van der Waals surface area (Å²) in [5, 5.41) is 2.86. The molecule has 0 spiro atoms. The van der Waals surface area contributed by atoms with Crippen molar-refractivity contribution in [1.29, 1.82) is 0 Å². The number of nitrogens with one attached hydrogen (secondary N) is 1. The van der Waals surface area contributed by atoms with E-state index in [4.69, 9.17) is 5.73 Å². The van der Waals surface area contributed by atoms with E-state index in [0.717, 1.165) is 16.7 Å². The highest BCUT2D eigenvalue weighted by Crippen LogP contribution is 2.27. The molecule has 3 N–H and O–H groups in total. The molecule has 0 aromatic heterocycles. The quantitative estimate of drug-likeness (QED) is 0.692. The number of hydrogen-bond acceptors (Lipinski definition) is 4. The fourth-order valence-corrected chi connectivity index (χ4v) is 3.44. The average Bonchev–Trinajstić information content (AvgIpc) is 2.89. The average molecular weight is 398 g/mol. The van der Waals surface area contributed by atoms with E-state index >= 15 is 0 Å². The Kier molecular flexibility index (Phi) is 5.68. The number of carbonyl (C=O) groups is 2. The minimum atomic E-state index is -1.09. The molecule has 0 saturated carbocycles. The Hall–Kier alpha value is -3.77. The maximum absolute atomic E-state index is 13.0. The van der Waals surface area contributed by atoms with Crippen LogP contribution < -0.4 is 16.0 Å². The van der Waals surface area contributed by atoms with Gasteiger partial charge in [0.15, 0.2) is 6.17 Å². The topological polar surface area (TPSA) is 87.8 Å². The largest absolute Gasteiger partial charge is 0.350 e. The van der Waals surface area contributed by atoms with Crippen molar-refractivity contribution in [3.8, 4) is 0 Å². The summed E-state index contributed by atoms with van der Waals surface area (Å²) in [5.41, 5.74) is 9.98. The highest BCUT2D eigenvalue weighted by atomic mass is 16.2. The van der Waals surface area contributed by atoms with E-state index in [1.165, 1.54) is 4.90 Å². The van der Waals surface area contributed by atoms with Gasteiger partial charge in [0.25, 0.3) is 5.91 Å². The molecule has 1 unspecified atom stereocenters. The first-order valence-electron chi connectivity index (χ1n) is 9.73. The first-order chi connectivity index (χ1) is 14.6. The fourth-order valence-electron chi connectivity index (χ4n) is 3.44. The van der Waals surface area contributed by atoms with Gasteiger partial charge < -0.3 is 11.1 Å². The highest BCUT2D eigenvalue weighted by Gasteiger charge is 2.31. The van der Waals surface area contributed by atoms with Crippen LogP contribution in [0.1, 0.15) is 16.7 Å².